The van der Waals surface area contributed by atoms with Crippen LogP contribution in [-0.4, -0.2) is 11.9 Å². The van der Waals surface area contributed by atoms with Crippen LogP contribution in [0, 0.1) is 0 Å². The third-order valence-corrected chi connectivity index (χ3v) is 4.33. The van der Waals surface area contributed by atoms with E-state index in [0.29, 0.717) is 5.02 Å². The Kier molecular flexibility index (Phi) is 3.70. The molecule has 0 spiro atoms. The number of rotatable bonds is 3. The maximum atomic E-state index is 12.2. The lowest BCUT2D eigenvalue weighted by molar-refractivity contribution is -0.126. The molecule has 1 aliphatic rings. The smallest absolute Gasteiger partial charge is 0.247 e. The molecule has 0 aliphatic carbocycles. The Labute approximate surface area is 129 Å². The van der Waals surface area contributed by atoms with Crippen LogP contribution in [0.2, 0.25) is 5.02 Å². The molecule has 0 radical (unpaired) electrons. The number of halogens is 1. The zero-order valence-corrected chi connectivity index (χ0v) is 12.5. The van der Waals surface area contributed by atoms with Gasteiger partial charge in [-0.2, -0.15) is 0 Å². The number of nitrogens with two attached hydrogens (primary N) is 1. The van der Waals surface area contributed by atoms with E-state index in [1.807, 2.05) is 48.5 Å². The first-order chi connectivity index (χ1) is 10.1. The van der Waals surface area contributed by atoms with Gasteiger partial charge in [0, 0.05) is 10.7 Å². The number of carbonyl (C=O) groups excluding carboxylic acids is 1. The summed E-state index contributed by atoms with van der Waals surface area (Å²) >= 11 is 6.25. The average Bonchev–Trinajstić information content (AvgIpc) is 2.53. The predicted molar refractivity (Wildman–Crippen MR) is 85.5 cm³/mol. The lowest BCUT2D eigenvalue weighted by atomic mass is 9.88. The molecule has 2 aromatic carbocycles. The number of carbonyl (C=O) groups is 1. The lowest BCUT2D eigenvalue weighted by Crippen LogP contribution is -2.63. The van der Waals surface area contributed by atoms with Gasteiger partial charge in [-0.05, 0) is 35.7 Å². The van der Waals surface area contributed by atoms with Crippen LogP contribution in [-0.2, 0) is 11.2 Å². The molecule has 3 rings (SSSR count). The molecule has 0 bridgehead atoms. The summed E-state index contributed by atoms with van der Waals surface area (Å²) in [7, 11) is 0. The molecule has 108 valence electrons. The van der Waals surface area contributed by atoms with Gasteiger partial charge in [0.1, 0.15) is 6.04 Å². The molecule has 0 saturated carbocycles. The normalized spacial score (nSPS) is 21.3. The summed E-state index contributed by atoms with van der Waals surface area (Å²) in [5.41, 5.74) is 9.00. The summed E-state index contributed by atoms with van der Waals surface area (Å²) in [6, 6.07) is 14.8. The van der Waals surface area contributed by atoms with Crippen LogP contribution < -0.4 is 10.6 Å². The van der Waals surface area contributed by atoms with Crippen molar-refractivity contribution in [3.63, 3.8) is 0 Å². The van der Waals surface area contributed by atoms with Gasteiger partial charge in [-0.3, -0.25) is 4.79 Å². The van der Waals surface area contributed by atoms with Gasteiger partial charge in [-0.1, -0.05) is 48.9 Å². The van der Waals surface area contributed by atoms with Gasteiger partial charge in [-0.25, -0.2) is 0 Å². The van der Waals surface area contributed by atoms with Crippen molar-refractivity contribution in [1.29, 1.82) is 0 Å². The Bertz CT molecular complexity index is 669. The van der Waals surface area contributed by atoms with Crippen LogP contribution in [0.3, 0.4) is 0 Å². The van der Waals surface area contributed by atoms with Crippen molar-refractivity contribution in [1.82, 2.24) is 0 Å². The zero-order valence-electron chi connectivity index (χ0n) is 11.8. The number of β-lactam (4-membered cyclic amide) rings is 1. The van der Waals surface area contributed by atoms with E-state index in [-0.39, 0.29) is 11.9 Å². The third kappa shape index (κ3) is 2.33. The van der Waals surface area contributed by atoms with E-state index in [9.17, 15) is 4.79 Å². The highest BCUT2D eigenvalue weighted by atomic mass is 35.5. The molecule has 4 heteroatoms. The summed E-state index contributed by atoms with van der Waals surface area (Å²) in [5, 5.41) is 0.639. The van der Waals surface area contributed by atoms with Crippen molar-refractivity contribution in [2.45, 2.75) is 25.4 Å². The molecule has 2 aromatic rings. The van der Waals surface area contributed by atoms with E-state index in [4.69, 9.17) is 17.3 Å². The van der Waals surface area contributed by atoms with Crippen LogP contribution in [0.15, 0.2) is 48.5 Å². The minimum atomic E-state index is -0.532. The highest BCUT2D eigenvalue weighted by Crippen LogP contribution is 2.40. The molecule has 1 aliphatic heterocycles. The molecule has 1 saturated heterocycles. The maximum Gasteiger partial charge on any atom is 0.247 e. The second-order valence-corrected chi connectivity index (χ2v) is 5.63. The van der Waals surface area contributed by atoms with Crippen molar-refractivity contribution in [3.8, 4) is 0 Å². The number of hydrogen-bond donors (Lipinski definition) is 1. The summed E-state index contributed by atoms with van der Waals surface area (Å²) in [6.45, 7) is 2.10. The number of hydrogen-bond acceptors (Lipinski definition) is 2. The molecule has 2 N–H and O–H groups in total. The van der Waals surface area contributed by atoms with Crippen LogP contribution in [0.5, 0.6) is 0 Å². The monoisotopic (exact) mass is 300 g/mol. The Hall–Kier alpha value is -1.84. The van der Waals surface area contributed by atoms with Gasteiger partial charge in [-0.15, -0.1) is 0 Å². The van der Waals surface area contributed by atoms with E-state index in [1.54, 1.807) is 4.90 Å². The molecule has 0 unspecified atom stereocenters. The summed E-state index contributed by atoms with van der Waals surface area (Å²) in [4.78, 5) is 13.9. The lowest BCUT2D eigenvalue weighted by Gasteiger charge is -2.46. The highest BCUT2D eigenvalue weighted by molar-refractivity contribution is 6.31. The molecular weight excluding hydrogens is 284 g/mol. The van der Waals surface area contributed by atoms with Crippen molar-refractivity contribution in [3.05, 3.63) is 64.7 Å². The first-order valence-electron chi connectivity index (χ1n) is 7.05. The molecule has 3 nitrogen and oxygen atoms in total. The maximum absolute atomic E-state index is 12.2. The first-order valence-corrected chi connectivity index (χ1v) is 7.43. The molecule has 0 aromatic heterocycles. The first kappa shape index (κ1) is 14.1. The van der Waals surface area contributed by atoms with Crippen LogP contribution in [0.4, 0.5) is 5.69 Å². The fourth-order valence-electron chi connectivity index (χ4n) is 2.74. The van der Waals surface area contributed by atoms with Crippen molar-refractivity contribution < 1.29 is 4.79 Å². The summed E-state index contributed by atoms with van der Waals surface area (Å²) in [5.74, 6) is -0.0656. The molecule has 2 atom stereocenters. The Morgan fingerprint density at radius 3 is 2.43 bits per heavy atom. The van der Waals surface area contributed by atoms with Crippen molar-refractivity contribution in [2.24, 2.45) is 5.73 Å². The largest absolute Gasteiger partial charge is 0.318 e. The number of benzene rings is 2. The van der Waals surface area contributed by atoms with Crippen LogP contribution in [0.25, 0.3) is 0 Å². The SMILES string of the molecule is CCc1ccc(N2C(=O)[C@@H](N)[C@@H]2c2ccccc2Cl)cc1. The zero-order chi connectivity index (χ0) is 15.0. The van der Waals surface area contributed by atoms with Crippen molar-refractivity contribution >= 4 is 23.2 Å². The third-order valence-electron chi connectivity index (χ3n) is 3.99. The van der Waals surface area contributed by atoms with Gasteiger partial charge in [0.2, 0.25) is 5.91 Å². The number of amides is 1. The standard InChI is InChI=1S/C17H17ClN2O/c1-2-11-7-9-12(10-8-11)20-16(15(19)17(20)21)13-5-3-4-6-14(13)18/h3-10,15-16H,2,19H2,1H3/t15-,16-/m0/s1. The molecule has 1 amide bonds. The molecular formula is C17H17ClN2O. The Morgan fingerprint density at radius 1 is 1.14 bits per heavy atom. The minimum Gasteiger partial charge on any atom is -0.318 e. The average molecular weight is 301 g/mol. The van der Waals surface area contributed by atoms with Crippen molar-refractivity contribution in [2.75, 3.05) is 4.90 Å². The topological polar surface area (TPSA) is 46.3 Å². The van der Waals surface area contributed by atoms with E-state index in [0.717, 1.165) is 17.7 Å². The van der Waals surface area contributed by atoms with E-state index in [2.05, 4.69) is 6.92 Å². The van der Waals surface area contributed by atoms with Gasteiger partial charge in [0.25, 0.3) is 0 Å². The summed E-state index contributed by atoms with van der Waals surface area (Å²) < 4.78 is 0. The van der Waals surface area contributed by atoms with Gasteiger partial charge >= 0.3 is 0 Å². The summed E-state index contributed by atoms with van der Waals surface area (Å²) in [6.07, 6.45) is 0.974. The number of aryl methyl sites for hydroxylation is 1. The van der Waals surface area contributed by atoms with E-state index in [1.165, 1.54) is 5.56 Å². The fraction of sp³-hybridized carbons (Fsp3) is 0.235. The van der Waals surface area contributed by atoms with Crippen LogP contribution >= 0.6 is 11.6 Å². The van der Waals surface area contributed by atoms with Gasteiger partial charge in [0.05, 0.1) is 6.04 Å². The van der Waals surface area contributed by atoms with E-state index >= 15 is 0 Å². The minimum absolute atomic E-state index is 0.0656. The molecule has 1 heterocycles. The quantitative estimate of drug-likeness (QED) is 0.884. The fourth-order valence-corrected chi connectivity index (χ4v) is 2.99. The van der Waals surface area contributed by atoms with E-state index < -0.39 is 6.04 Å². The highest BCUT2D eigenvalue weighted by Gasteiger charge is 2.47. The van der Waals surface area contributed by atoms with Gasteiger partial charge < -0.3 is 10.6 Å². The van der Waals surface area contributed by atoms with Crippen LogP contribution in [0.1, 0.15) is 24.1 Å². The number of nitrogens with zero attached hydrogens (tertiary/aromatic N) is 1. The van der Waals surface area contributed by atoms with Gasteiger partial charge in [0.15, 0.2) is 0 Å². The Balaban J connectivity index is 1.96. The molecule has 1 fully saturated rings. The predicted octanol–water partition coefficient (Wildman–Crippen LogP) is 3.32. The second kappa shape index (κ2) is 5.51. The Morgan fingerprint density at radius 2 is 1.81 bits per heavy atom. The second-order valence-electron chi connectivity index (χ2n) is 5.22. The molecule has 21 heavy (non-hydrogen) atoms. The number of anilines is 1.